The summed E-state index contributed by atoms with van der Waals surface area (Å²) in [7, 11) is -3.87. The molecule has 98 valence electrons. The molecule has 1 atom stereocenters. The van der Waals surface area contributed by atoms with E-state index >= 15 is 0 Å². The minimum absolute atomic E-state index is 0.158. The third-order valence-electron chi connectivity index (χ3n) is 2.47. The van der Waals surface area contributed by atoms with Crippen LogP contribution in [0.3, 0.4) is 0 Å². The van der Waals surface area contributed by atoms with Gasteiger partial charge in [-0.05, 0) is 19.9 Å². The molecule has 1 aromatic rings. The van der Waals surface area contributed by atoms with Crippen molar-refractivity contribution in [3.8, 4) is 0 Å². The average molecular weight is 271 g/mol. The van der Waals surface area contributed by atoms with Gasteiger partial charge in [0.2, 0.25) is 0 Å². The van der Waals surface area contributed by atoms with Crippen molar-refractivity contribution in [1.29, 1.82) is 0 Å². The SMILES string of the molecule is CC(=O)CC(C)S(=O)(=O)c1ccccc1[N+](=O)[O-]. The molecule has 1 rings (SSSR count). The summed E-state index contributed by atoms with van der Waals surface area (Å²) < 4.78 is 24.3. The third-order valence-corrected chi connectivity index (χ3v) is 4.66. The van der Waals surface area contributed by atoms with E-state index in [1.807, 2.05) is 0 Å². The molecule has 0 fully saturated rings. The minimum Gasteiger partial charge on any atom is -0.300 e. The monoisotopic (exact) mass is 271 g/mol. The zero-order valence-electron chi connectivity index (χ0n) is 9.99. The van der Waals surface area contributed by atoms with E-state index in [2.05, 4.69) is 0 Å². The summed E-state index contributed by atoms with van der Waals surface area (Å²) in [5, 5.41) is 9.81. The Bertz CT molecular complexity index is 579. The van der Waals surface area contributed by atoms with Crippen LogP contribution in [-0.4, -0.2) is 24.4 Å². The van der Waals surface area contributed by atoms with Crippen molar-refractivity contribution in [3.63, 3.8) is 0 Å². The molecule has 0 aromatic heterocycles. The van der Waals surface area contributed by atoms with Crippen LogP contribution in [0.5, 0.6) is 0 Å². The lowest BCUT2D eigenvalue weighted by Crippen LogP contribution is -2.21. The number of sulfone groups is 1. The number of nitro groups is 1. The third kappa shape index (κ3) is 2.92. The highest BCUT2D eigenvalue weighted by Crippen LogP contribution is 2.27. The number of benzene rings is 1. The van der Waals surface area contributed by atoms with E-state index < -0.39 is 25.7 Å². The second-order valence-electron chi connectivity index (χ2n) is 3.99. The van der Waals surface area contributed by atoms with Crippen LogP contribution in [0.1, 0.15) is 20.3 Å². The van der Waals surface area contributed by atoms with Crippen molar-refractivity contribution >= 4 is 21.3 Å². The van der Waals surface area contributed by atoms with Crippen molar-refractivity contribution in [2.24, 2.45) is 0 Å². The molecule has 0 aliphatic carbocycles. The van der Waals surface area contributed by atoms with E-state index in [1.165, 1.54) is 32.0 Å². The zero-order valence-corrected chi connectivity index (χ0v) is 10.8. The lowest BCUT2D eigenvalue weighted by molar-refractivity contribution is -0.387. The fourth-order valence-corrected chi connectivity index (χ4v) is 3.17. The van der Waals surface area contributed by atoms with E-state index in [4.69, 9.17) is 0 Å². The summed E-state index contributed by atoms with van der Waals surface area (Å²) in [5.74, 6) is -0.273. The molecule has 0 bridgehead atoms. The second-order valence-corrected chi connectivity index (χ2v) is 6.32. The van der Waals surface area contributed by atoms with Gasteiger partial charge in [-0.15, -0.1) is 0 Å². The Kier molecular flexibility index (Phi) is 4.18. The molecule has 1 aromatic carbocycles. The van der Waals surface area contributed by atoms with Crippen molar-refractivity contribution < 1.29 is 18.1 Å². The van der Waals surface area contributed by atoms with Gasteiger partial charge in [0, 0.05) is 12.5 Å². The van der Waals surface area contributed by atoms with E-state index in [-0.39, 0.29) is 17.1 Å². The number of para-hydroxylation sites is 1. The molecule has 0 saturated heterocycles. The van der Waals surface area contributed by atoms with E-state index in [1.54, 1.807) is 0 Å². The first-order valence-electron chi connectivity index (χ1n) is 5.23. The highest BCUT2D eigenvalue weighted by molar-refractivity contribution is 7.92. The number of ketones is 1. The van der Waals surface area contributed by atoms with Gasteiger partial charge in [-0.1, -0.05) is 12.1 Å². The Labute approximate surface area is 105 Å². The molecule has 1 unspecified atom stereocenters. The van der Waals surface area contributed by atoms with Gasteiger partial charge in [-0.25, -0.2) is 8.42 Å². The Morgan fingerprint density at radius 2 is 1.94 bits per heavy atom. The first-order chi connectivity index (χ1) is 8.26. The first-order valence-corrected chi connectivity index (χ1v) is 6.78. The highest BCUT2D eigenvalue weighted by atomic mass is 32.2. The summed E-state index contributed by atoms with van der Waals surface area (Å²) in [6.45, 7) is 2.65. The largest absolute Gasteiger partial charge is 0.300 e. The number of nitro benzene ring substituents is 1. The van der Waals surface area contributed by atoms with E-state index in [0.717, 1.165) is 6.07 Å². The van der Waals surface area contributed by atoms with Crippen molar-refractivity contribution in [2.75, 3.05) is 0 Å². The fraction of sp³-hybridized carbons (Fsp3) is 0.364. The number of rotatable bonds is 5. The summed E-state index contributed by atoms with van der Waals surface area (Å²) in [4.78, 5) is 20.7. The molecule has 18 heavy (non-hydrogen) atoms. The van der Waals surface area contributed by atoms with Crippen LogP contribution in [0.15, 0.2) is 29.2 Å². The highest BCUT2D eigenvalue weighted by Gasteiger charge is 2.30. The Morgan fingerprint density at radius 3 is 2.44 bits per heavy atom. The number of Topliss-reactive ketones (excluding diaryl/α,β-unsaturated/α-hetero) is 1. The zero-order chi connectivity index (χ0) is 13.9. The molecular weight excluding hydrogens is 258 g/mol. The first kappa shape index (κ1) is 14.3. The van der Waals surface area contributed by atoms with Gasteiger partial charge in [0.25, 0.3) is 5.69 Å². The van der Waals surface area contributed by atoms with Crippen LogP contribution in [-0.2, 0) is 14.6 Å². The molecular formula is C11H13NO5S. The number of hydrogen-bond donors (Lipinski definition) is 0. The average Bonchev–Trinajstić information content (AvgIpc) is 2.28. The van der Waals surface area contributed by atoms with Crippen LogP contribution >= 0.6 is 0 Å². The normalized spacial score (nSPS) is 13.0. The molecule has 0 aliphatic rings. The minimum atomic E-state index is -3.87. The van der Waals surface area contributed by atoms with Crippen molar-refractivity contribution in [2.45, 2.75) is 30.4 Å². The van der Waals surface area contributed by atoms with Crippen LogP contribution in [0, 0.1) is 10.1 Å². The van der Waals surface area contributed by atoms with Gasteiger partial charge >= 0.3 is 0 Å². The van der Waals surface area contributed by atoms with Crippen molar-refractivity contribution in [3.05, 3.63) is 34.4 Å². The predicted octanol–water partition coefficient (Wildman–Crippen LogP) is 1.74. The summed E-state index contributed by atoms with van der Waals surface area (Å²) in [5.41, 5.74) is -0.465. The maximum absolute atomic E-state index is 12.1. The Morgan fingerprint density at radius 1 is 1.39 bits per heavy atom. The lowest BCUT2D eigenvalue weighted by Gasteiger charge is -2.11. The maximum Gasteiger partial charge on any atom is 0.287 e. The summed E-state index contributed by atoms with van der Waals surface area (Å²) in [6, 6.07) is 5.13. The van der Waals surface area contributed by atoms with Gasteiger partial charge < -0.3 is 0 Å². The fourth-order valence-electron chi connectivity index (χ4n) is 1.58. The Hall–Kier alpha value is -1.76. The summed E-state index contributed by atoms with van der Waals surface area (Å²) in [6.07, 6.45) is -0.158. The molecule has 0 heterocycles. The van der Waals surface area contributed by atoms with Crippen LogP contribution < -0.4 is 0 Å². The smallest absolute Gasteiger partial charge is 0.287 e. The quantitative estimate of drug-likeness (QED) is 0.600. The van der Waals surface area contributed by atoms with Gasteiger partial charge in [0.1, 0.15) is 10.7 Å². The van der Waals surface area contributed by atoms with Crippen molar-refractivity contribution in [1.82, 2.24) is 0 Å². The Balaban J connectivity index is 3.29. The number of nitrogens with zero attached hydrogens (tertiary/aromatic N) is 1. The topological polar surface area (TPSA) is 94.3 Å². The molecule has 0 radical (unpaired) electrons. The molecule has 7 heteroatoms. The van der Waals surface area contributed by atoms with E-state index in [9.17, 15) is 23.3 Å². The molecule has 0 aliphatic heterocycles. The molecule has 0 N–H and O–H groups in total. The van der Waals surface area contributed by atoms with Gasteiger partial charge in [-0.2, -0.15) is 0 Å². The van der Waals surface area contributed by atoms with Crippen LogP contribution in [0.25, 0.3) is 0 Å². The standard InChI is InChI=1S/C11H13NO5S/c1-8(13)7-9(2)18(16,17)11-6-4-3-5-10(11)12(14)15/h3-6,9H,7H2,1-2H3. The molecule has 6 nitrogen and oxygen atoms in total. The number of carbonyl (C=O) groups excluding carboxylic acids is 1. The summed E-state index contributed by atoms with van der Waals surface area (Å²) >= 11 is 0. The molecule has 0 spiro atoms. The van der Waals surface area contributed by atoms with E-state index in [0.29, 0.717) is 0 Å². The lowest BCUT2D eigenvalue weighted by atomic mass is 10.2. The van der Waals surface area contributed by atoms with Gasteiger partial charge in [-0.3, -0.25) is 14.9 Å². The predicted molar refractivity (Wildman–Crippen MR) is 65.0 cm³/mol. The van der Waals surface area contributed by atoms with Crippen LogP contribution in [0.2, 0.25) is 0 Å². The molecule has 0 saturated carbocycles. The second kappa shape index (κ2) is 5.26. The maximum atomic E-state index is 12.1. The van der Waals surface area contributed by atoms with Crippen LogP contribution in [0.4, 0.5) is 5.69 Å². The van der Waals surface area contributed by atoms with Gasteiger partial charge in [0.15, 0.2) is 9.84 Å². The van der Waals surface area contributed by atoms with Gasteiger partial charge in [0.05, 0.1) is 10.2 Å². The molecule has 0 amide bonds. The number of hydrogen-bond acceptors (Lipinski definition) is 5. The number of carbonyl (C=O) groups is 1.